The van der Waals surface area contributed by atoms with Crippen LogP contribution in [-0.2, 0) is 14.8 Å². The minimum atomic E-state index is -4.03. The highest BCUT2D eigenvalue weighted by Gasteiger charge is 2.27. The quantitative estimate of drug-likeness (QED) is 0.284. The number of hydrogen-bond acceptors (Lipinski definition) is 6. The van der Waals surface area contributed by atoms with Gasteiger partial charge in [0.25, 0.3) is 15.9 Å². The standard InChI is InChI=1S/C26H28ClN3O5S/c1-4-34-24-15-8-20(16-25(24)35-5-2)17-28-29-26(31)18-30(22-11-9-21(27)10-12-22)36(32,33)23-13-6-19(3)7-14-23/h6-17H,4-5,18H2,1-3H3,(H,29,31)/b28-17-. The average molecular weight is 530 g/mol. The molecular formula is C26H28ClN3O5S. The van der Waals surface area contributed by atoms with E-state index in [2.05, 4.69) is 10.5 Å². The van der Waals surface area contributed by atoms with Gasteiger partial charge in [-0.2, -0.15) is 5.10 Å². The molecule has 36 heavy (non-hydrogen) atoms. The maximum absolute atomic E-state index is 13.4. The predicted octanol–water partition coefficient (Wildman–Crippen LogP) is 4.79. The van der Waals surface area contributed by atoms with Crippen LogP contribution in [0.5, 0.6) is 11.5 Å². The second-order valence-electron chi connectivity index (χ2n) is 7.67. The van der Waals surface area contributed by atoms with Crippen molar-refractivity contribution in [1.82, 2.24) is 5.43 Å². The van der Waals surface area contributed by atoms with Gasteiger partial charge in [-0.3, -0.25) is 9.10 Å². The summed E-state index contributed by atoms with van der Waals surface area (Å²) in [6, 6.07) is 17.9. The molecule has 0 atom stereocenters. The maximum Gasteiger partial charge on any atom is 0.264 e. The van der Waals surface area contributed by atoms with E-state index in [4.69, 9.17) is 21.1 Å². The Bertz CT molecular complexity index is 1310. The van der Waals surface area contributed by atoms with E-state index in [9.17, 15) is 13.2 Å². The third-order valence-corrected chi connectivity index (χ3v) is 7.02. The molecule has 0 bridgehead atoms. The van der Waals surface area contributed by atoms with Gasteiger partial charge < -0.3 is 9.47 Å². The van der Waals surface area contributed by atoms with Gasteiger partial charge in [-0.25, -0.2) is 13.8 Å². The summed E-state index contributed by atoms with van der Waals surface area (Å²) >= 11 is 5.97. The summed E-state index contributed by atoms with van der Waals surface area (Å²) in [5, 5.41) is 4.43. The number of amides is 1. The monoisotopic (exact) mass is 529 g/mol. The van der Waals surface area contributed by atoms with Crippen LogP contribution in [0.25, 0.3) is 0 Å². The van der Waals surface area contributed by atoms with E-state index in [1.807, 2.05) is 20.8 Å². The summed E-state index contributed by atoms with van der Waals surface area (Å²) in [4.78, 5) is 12.8. The highest BCUT2D eigenvalue weighted by atomic mass is 35.5. The Morgan fingerprint density at radius 3 is 2.25 bits per heavy atom. The average Bonchev–Trinajstić information content (AvgIpc) is 2.85. The van der Waals surface area contributed by atoms with Gasteiger partial charge in [-0.15, -0.1) is 0 Å². The number of rotatable bonds is 11. The lowest BCUT2D eigenvalue weighted by Gasteiger charge is -2.23. The first-order chi connectivity index (χ1) is 17.2. The fourth-order valence-corrected chi connectivity index (χ4v) is 4.80. The summed E-state index contributed by atoms with van der Waals surface area (Å²) in [7, 11) is -4.03. The number of carbonyl (C=O) groups is 1. The summed E-state index contributed by atoms with van der Waals surface area (Å²) in [5.74, 6) is 0.557. The van der Waals surface area contributed by atoms with E-state index in [1.54, 1.807) is 54.6 Å². The van der Waals surface area contributed by atoms with Crippen molar-refractivity contribution >= 4 is 39.4 Å². The first-order valence-corrected chi connectivity index (χ1v) is 13.1. The van der Waals surface area contributed by atoms with Crippen LogP contribution in [0.1, 0.15) is 25.0 Å². The minimum absolute atomic E-state index is 0.0668. The van der Waals surface area contributed by atoms with Crippen molar-refractivity contribution in [2.24, 2.45) is 5.10 Å². The molecule has 1 amide bonds. The molecule has 0 unspecified atom stereocenters. The van der Waals surface area contributed by atoms with Crippen LogP contribution in [0.15, 0.2) is 76.7 Å². The van der Waals surface area contributed by atoms with Gasteiger partial charge in [0.05, 0.1) is 30.0 Å². The Hall–Kier alpha value is -3.56. The Morgan fingerprint density at radius 2 is 1.61 bits per heavy atom. The highest BCUT2D eigenvalue weighted by molar-refractivity contribution is 7.92. The zero-order valence-corrected chi connectivity index (χ0v) is 21.8. The zero-order valence-electron chi connectivity index (χ0n) is 20.3. The SMILES string of the molecule is CCOc1ccc(/C=N\NC(=O)CN(c2ccc(Cl)cc2)S(=O)(=O)c2ccc(C)cc2)cc1OCC. The first-order valence-electron chi connectivity index (χ1n) is 11.3. The molecule has 1 N–H and O–H groups in total. The molecule has 0 fully saturated rings. The molecule has 3 aromatic carbocycles. The van der Waals surface area contributed by atoms with Crippen LogP contribution >= 0.6 is 11.6 Å². The number of hydrogen-bond donors (Lipinski definition) is 1. The number of sulfonamides is 1. The van der Waals surface area contributed by atoms with Gasteiger partial charge in [0.2, 0.25) is 0 Å². The molecule has 0 radical (unpaired) electrons. The van der Waals surface area contributed by atoms with Crippen molar-refractivity contribution in [1.29, 1.82) is 0 Å². The molecule has 190 valence electrons. The number of nitrogens with zero attached hydrogens (tertiary/aromatic N) is 2. The molecule has 0 aliphatic rings. The molecule has 0 aliphatic heterocycles. The smallest absolute Gasteiger partial charge is 0.264 e. The van der Waals surface area contributed by atoms with Gasteiger partial charge in [-0.1, -0.05) is 29.3 Å². The number of carbonyl (C=O) groups excluding carboxylic acids is 1. The lowest BCUT2D eigenvalue weighted by Crippen LogP contribution is -2.39. The second kappa shape index (κ2) is 12.4. The second-order valence-corrected chi connectivity index (χ2v) is 9.97. The Balaban J connectivity index is 1.79. The minimum Gasteiger partial charge on any atom is -0.490 e. The van der Waals surface area contributed by atoms with E-state index >= 15 is 0 Å². The topological polar surface area (TPSA) is 97.3 Å². The van der Waals surface area contributed by atoms with Crippen LogP contribution in [0.3, 0.4) is 0 Å². The predicted molar refractivity (Wildman–Crippen MR) is 142 cm³/mol. The largest absolute Gasteiger partial charge is 0.490 e. The number of hydrazone groups is 1. The number of ether oxygens (including phenoxy) is 2. The lowest BCUT2D eigenvalue weighted by molar-refractivity contribution is -0.119. The molecule has 10 heteroatoms. The molecule has 0 aliphatic carbocycles. The first kappa shape index (κ1) is 27.0. The van der Waals surface area contributed by atoms with Crippen LogP contribution in [0, 0.1) is 6.92 Å². The summed E-state index contributed by atoms with van der Waals surface area (Å²) in [6.45, 7) is 6.09. The van der Waals surface area contributed by atoms with E-state index in [1.165, 1.54) is 18.3 Å². The van der Waals surface area contributed by atoms with E-state index in [0.717, 1.165) is 9.87 Å². The normalized spacial score (nSPS) is 11.3. The molecule has 3 aromatic rings. The van der Waals surface area contributed by atoms with Gasteiger partial charge in [0, 0.05) is 5.02 Å². The Morgan fingerprint density at radius 1 is 0.972 bits per heavy atom. The van der Waals surface area contributed by atoms with Crippen LogP contribution in [0.2, 0.25) is 5.02 Å². The number of benzene rings is 3. The number of aryl methyl sites for hydroxylation is 1. The van der Waals surface area contributed by atoms with Crippen molar-refractivity contribution in [3.8, 4) is 11.5 Å². The molecule has 3 rings (SSSR count). The lowest BCUT2D eigenvalue weighted by atomic mass is 10.2. The Labute approximate surface area is 216 Å². The molecule has 8 nitrogen and oxygen atoms in total. The van der Waals surface area contributed by atoms with Crippen LogP contribution in [-0.4, -0.2) is 40.3 Å². The number of halogens is 1. The number of anilines is 1. The summed E-state index contributed by atoms with van der Waals surface area (Å²) < 4.78 is 38.9. The van der Waals surface area contributed by atoms with Gasteiger partial charge >= 0.3 is 0 Å². The van der Waals surface area contributed by atoms with Crippen molar-refractivity contribution in [2.45, 2.75) is 25.7 Å². The van der Waals surface area contributed by atoms with Gasteiger partial charge in [0.1, 0.15) is 6.54 Å². The Kier molecular flexibility index (Phi) is 9.32. The van der Waals surface area contributed by atoms with Crippen LogP contribution in [0.4, 0.5) is 5.69 Å². The number of nitrogens with one attached hydrogen (secondary N) is 1. The fourth-order valence-electron chi connectivity index (χ4n) is 3.25. The van der Waals surface area contributed by atoms with Crippen molar-refractivity contribution in [2.75, 3.05) is 24.1 Å². The third kappa shape index (κ3) is 6.99. The molecule has 0 heterocycles. The van der Waals surface area contributed by atoms with E-state index in [0.29, 0.717) is 41.0 Å². The molecule has 0 saturated heterocycles. The van der Waals surface area contributed by atoms with Crippen molar-refractivity contribution < 1.29 is 22.7 Å². The molecular weight excluding hydrogens is 502 g/mol. The van der Waals surface area contributed by atoms with Gasteiger partial charge in [0.15, 0.2) is 11.5 Å². The maximum atomic E-state index is 13.4. The summed E-state index contributed by atoms with van der Waals surface area (Å²) in [5.41, 5.74) is 4.28. The highest BCUT2D eigenvalue weighted by Crippen LogP contribution is 2.28. The fraction of sp³-hybridized carbons (Fsp3) is 0.231. The zero-order chi connectivity index (χ0) is 26.1. The van der Waals surface area contributed by atoms with Crippen molar-refractivity contribution in [3.05, 3.63) is 82.9 Å². The molecule has 0 aromatic heterocycles. The molecule has 0 saturated carbocycles. The third-order valence-electron chi connectivity index (χ3n) is 4.98. The van der Waals surface area contributed by atoms with E-state index < -0.39 is 22.5 Å². The molecule has 0 spiro atoms. The van der Waals surface area contributed by atoms with E-state index in [-0.39, 0.29) is 4.90 Å². The van der Waals surface area contributed by atoms with Crippen molar-refractivity contribution in [3.63, 3.8) is 0 Å². The van der Waals surface area contributed by atoms with Gasteiger partial charge in [-0.05, 0) is 80.9 Å². The summed E-state index contributed by atoms with van der Waals surface area (Å²) in [6.07, 6.45) is 1.44. The van der Waals surface area contributed by atoms with Crippen LogP contribution < -0.4 is 19.2 Å².